The van der Waals surface area contributed by atoms with Gasteiger partial charge in [0.1, 0.15) is 5.82 Å². The van der Waals surface area contributed by atoms with Gasteiger partial charge in [0.15, 0.2) is 5.16 Å². The van der Waals surface area contributed by atoms with Gasteiger partial charge in [-0.1, -0.05) is 11.8 Å². The molecular weight excluding hydrogens is 408 g/mol. The number of aromatic nitrogens is 2. The monoisotopic (exact) mass is 423 g/mol. The summed E-state index contributed by atoms with van der Waals surface area (Å²) >= 11 is 3.08. The predicted octanol–water partition coefficient (Wildman–Crippen LogP) is 2.52. The molecule has 0 fully saturated rings. The van der Waals surface area contributed by atoms with Crippen molar-refractivity contribution in [3.8, 4) is 0 Å². The first kappa shape index (κ1) is 16.5. The number of hydrogen-bond donors (Lipinski definition) is 1. The molecule has 0 unspecified atom stereocenters. The molecule has 5 nitrogen and oxygen atoms in total. The lowest BCUT2D eigenvalue weighted by Crippen LogP contribution is -2.19. The Morgan fingerprint density at radius 3 is 2.86 bits per heavy atom. The molecule has 0 aliphatic heterocycles. The summed E-state index contributed by atoms with van der Waals surface area (Å²) in [5, 5.41) is 9.43. The van der Waals surface area contributed by atoms with Crippen molar-refractivity contribution in [2.45, 2.75) is 11.7 Å². The number of carboxylic acid groups (broad SMARTS) is 1. The minimum Gasteiger partial charge on any atom is -0.481 e. The molecule has 1 N–H and O–H groups in total. The predicted molar refractivity (Wildman–Crippen MR) is 89.3 cm³/mol. The quantitative estimate of drug-likeness (QED) is 0.572. The summed E-state index contributed by atoms with van der Waals surface area (Å²) in [6, 6.07) is 3.15. The molecule has 0 atom stereocenters. The first-order valence-electron chi connectivity index (χ1n) is 6.23. The number of nitrogens with zero attached hydrogens (tertiary/aromatic N) is 3. The molecule has 2 aromatic rings. The second kappa shape index (κ2) is 6.93. The zero-order valence-electron chi connectivity index (χ0n) is 11.6. The van der Waals surface area contributed by atoms with E-state index in [2.05, 4.69) is 4.98 Å². The maximum Gasteiger partial charge on any atom is 0.313 e. The normalized spacial score (nSPS) is 11.5. The summed E-state index contributed by atoms with van der Waals surface area (Å²) in [5.74, 6) is -1.25. The standard InChI is InChI=1S/C13H15FIN3O2S/c1-17(2)3-4-18-11-5-8(14)9(15)6-10(11)16-13(18)21-7-12(19)20/h5-6H,3-4,7H2,1-2H3,(H,19,20). The zero-order chi connectivity index (χ0) is 15.6. The maximum atomic E-state index is 13.8. The lowest BCUT2D eigenvalue weighted by molar-refractivity contribution is -0.133. The van der Waals surface area contributed by atoms with Crippen LogP contribution >= 0.6 is 34.4 Å². The van der Waals surface area contributed by atoms with E-state index < -0.39 is 5.97 Å². The van der Waals surface area contributed by atoms with Crippen molar-refractivity contribution in [1.29, 1.82) is 0 Å². The van der Waals surface area contributed by atoms with E-state index in [1.807, 2.05) is 46.2 Å². The van der Waals surface area contributed by atoms with E-state index in [0.29, 0.717) is 26.3 Å². The number of fused-ring (bicyclic) bond motifs is 1. The first-order chi connectivity index (χ1) is 9.88. The van der Waals surface area contributed by atoms with Crippen molar-refractivity contribution >= 4 is 51.4 Å². The lowest BCUT2D eigenvalue weighted by Gasteiger charge is -2.12. The largest absolute Gasteiger partial charge is 0.481 e. The molecule has 0 bridgehead atoms. The summed E-state index contributed by atoms with van der Waals surface area (Å²) in [7, 11) is 3.90. The number of halogens is 2. The topological polar surface area (TPSA) is 58.4 Å². The summed E-state index contributed by atoms with van der Waals surface area (Å²) in [6.07, 6.45) is 0. The highest BCUT2D eigenvalue weighted by Gasteiger charge is 2.15. The van der Waals surface area contributed by atoms with Crippen LogP contribution in [0.25, 0.3) is 11.0 Å². The Morgan fingerprint density at radius 2 is 2.24 bits per heavy atom. The maximum absolute atomic E-state index is 13.8. The molecule has 2 rings (SSSR count). The zero-order valence-corrected chi connectivity index (χ0v) is 14.6. The van der Waals surface area contributed by atoms with Crippen LogP contribution in [0.5, 0.6) is 0 Å². The minimum atomic E-state index is -0.896. The van der Waals surface area contributed by atoms with Gasteiger partial charge in [-0.2, -0.15) is 0 Å². The molecule has 0 aliphatic carbocycles. The highest BCUT2D eigenvalue weighted by molar-refractivity contribution is 14.1. The van der Waals surface area contributed by atoms with Crippen LogP contribution in [0.2, 0.25) is 0 Å². The van der Waals surface area contributed by atoms with Crippen molar-refractivity contribution in [2.75, 3.05) is 26.4 Å². The fourth-order valence-electron chi connectivity index (χ4n) is 1.85. The van der Waals surface area contributed by atoms with Crippen LogP contribution in [0.3, 0.4) is 0 Å². The fraction of sp³-hybridized carbons (Fsp3) is 0.385. The Balaban J connectivity index is 2.43. The van der Waals surface area contributed by atoms with Gasteiger partial charge in [0.05, 0.1) is 20.4 Å². The summed E-state index contributed by atoms with van der Waals surface area (Å²) in [6.45, 7) is 1.39. The molecule has 8 heteroatoms. The molecule has 1 aromatic carbocycles. The van der Waals surface area contributed by atoms with Gasteiger partial charge in [0, 0.05) is 19.2 Å². The molecule has 0 saturated carbocycles. The molecule has 1 heterocycles. The van der Waals surface area contributed by atoms with Gasteiger partial charge >= 0.3 is 5.97 Å². The van der Waals surface area contributed by atoms with Gasteiger partial charge in [0.2, 0.25) is 0 Å². The molecule has 0 aliphatic rings. The number of rotatable bonds is 6. The van der Waals surface area contributed by atoms with Crippen LogP contribution in [0, 0.1) is 9.39 Å². The highest BCUT2D eigenvalue weighted by atomic mass is 127. The Bertz CT molecular complexity index is 675. The molecular formula is C13H15FIN3O2S. The Labute approximate surface area is 139 Å². The second-order valence-electron chi connectivity index (χ2n) is 4.79. The summed E-state index contributed by atoms with van der Waals surface area (Å²) in [4.78, 5) is 17.2. The molecule has 0 radical (unpaired) electrons. The van der Waals surface area contributed by atoms with Crippen LogP contribution in [-0.2, 0) is 11.3 Å². The smallest absolute Gasteiger partial charge is 0.313 e. The number of carboxylic acids is 1. The van der Waals surface area contributed by atoms with Gasteiger partial charge in [-0.25, -0.2) is 9.37 Å². The van der Waals surface area contributed by atoms with Gasteiger partial charge < -0.3 is 14.6 Å². The van der Waals surface area contributed by atoms with Gasteiger partial charge in [-0.3, -0.25) is 4.79 Å². The number of aliphatic carboxylic acids is 1. The molecule has 0 amide bonds. The van der Waals surface area contributed by atoms with Crippen molar-refractivity contribution in [3.05, 3.63) is 21.5 Å². The number of benzene rings is 1. The Kier molecular flexibility index (Phi) is 5.44. The van der Waals surface area contributed by atoms with Crippen LogP contribution in [0.15, 0.2) is 17.3 Å². The molecule has 21 heavy (non-hydrogen) atoms. The number of likely N-dealkylation sites (N-methyl/N-ethyl adjacent to an activating group) is 1. The molecule has 0 spiro atoms. The second-order valence-corrected chi connectivity index (χ2v) is 6.89. The van der Waals surface area contributed by atoms with Crippen molar-refractivity contribution < 1.29 is 14.3 Å². The van der Waals surface area contributed by atoms with E-state index in [9.17, 15) is 9.18 Å². The Morgan fingerprint density at radius 1 is 1.52 bits per heavy atom. The number of carbonyl (C=O) groups is 1. The van der Waals surface area contributed by atoms with E-state index >= 15 is 0 Å². The van der Waals surface area contributed by atoms with Crippen LogP contribution in [0.1, 0.15) is 0 Å². The van der Waals surface area contributed by atoms with Crippen LogP contribution in [-0.4, -0.2) is 51.9 Å². The first-order valence-corrected chi connectivity index (χ1v) is 8.29. The number of hydrogen-bond acceptors (Lipinski definition) is 4. The highest BCUT2D eigenvalue weighted by Crippen LogP contribution is 2.26. The fourth-order valence-corrected chi connectivity index (χ4v) is 3.06. The minimum absolute atomic E-state index is 0.0646. The number of thioether (sulfide) groups is 1. The van der Waals surface area contributed by atoms with E-state index in [0.717, 1.165) is 18.3 Å². The van der Waals surface area contributed by atoms with Crippen LogP contribution < -0.4 is 0 Å². The van der Waals surface area contributed by atoms with Gasteiger partial charge in [-0.15, -0.1) is 0 Å². The third-order valence-electron chi connectivity index (χ3n) is 2.85. The van der Waals surface area contributed by atoms with Crippen molar-refractivity contribution in [1.82, 2.24) is 14.5 Å². The molecule has 1 aromatic heterocycles. The summed E-state index contributed by atoms with van der Waals surface area (Å²) < 4.78 is 16.2. The van der Waals surface area contributed by atoms with E-state index in [1.54, 1.807) is 6.07 Å². The third kappa shape index (κ3) is 4.07. The number of imidazole rings is 1. The Hall–Kier alpha value is -0.870. The van der Waals surface area contributed by atoms with E-state index in [-0.39, 0.29) is 11.6 Å². The van der Waals surface area contributed by atoms with Crippen molar-refractivity contribution in [3.63, 3.8) is 0 Å². The van der Waals surface area contributed by atoms with Gasteiger partial charge in [-0.05, 0) is 42.8 Å². The van der Waals surface area contributed by atoms with Crippen LogP contribution in [0.4, 0.5) is 4.39 Å². The van der Waals surface area contributed by atoms with Crippen molar-refractivity contribution in [2.24, 2.45) is 0 Å². The van der Waals surface area contributed by atoms with Gasteiger partial charge in [0.25, 0.3) is 0 Å². The molecule has 114 valence electrons. The SMILES string of the molecule is CN(C)CCn1c(SCC(=O)O)nc2cc(I)c(F)cc21. The summed E-state index contributed by atoms with van der Waals surface area (Å²) in [5.41, 5.74) is 1.38. The lowest BCUT2D eigenvalue weighted by atomic mass is 10.3. The molecule has 0 saturated heterocycles. The average Bonchev–Trinajstić information content (AvgIpc) is 2.71. The third-order valence-corrected chi connectivity index (χ3v) is 4.64. The van der Waals surface area contributed by atoms with E-state index in [1.165, 1.54) is 6.07 Å². The van der Waals surface area contributed by atoms with E-state index in [4.69, 9.17) is 5.11 Å². The average molecular weight is 423 g/mol.